The third kappa shape index (κ3) is 2.13. The Morgan fingerprint density at radius 3 is 3.16 bits per heavy atom. The first-order chi connectivity index (χ1) is 9.25. The molecule has 0 fully saturated rings. The lowest BCUT2D eigenvalue weighted by molar-refractivity contribution is 0.0954. The zero-order valence-corrected chi connectivity index (χ0v) is 10.5. The number of hydrogen-bond acceptors (Lipinski definition) is 7. The van der Waals surface area contributed by atoms with E-state index in [2.05, 4.69) is 25.0 Å². The second-order valence-electron chi connectivity index (χ2n) is 3.75. The van der Waals surface area contributed by atoms with Gasteiger partial charge in [-0.1, -0.05) is 5.16 Å². The van der Waals surface area contributed by atoms with Crippen LogP contribution in [0, 0.1) is 0 Å². The van der Waals surface area contributed by atoms with Crippen LogP contribution in [0.15, 0.2) is 29.4 Å². The van der Waals surface area contributed by atoms with Crippen molar-refractivity contribution >= 4 is 33.0 Å². The van der Waals surface area contributed by atoms with Crippen LogP contribution in [0.3, 0.4) is 0 Å². The smallest absolute Gasteiger partial charge is 0.263 e. The van der Waals surface area contributed by atoms with Crippen molar-refractivity contribution in [3.8, 4) is 0 Å². The lowest BCUT2D eigenvalue weighted by atomic mass is 10.2. The molecule has 0 saturated carbocycles. The lowest BCUT2D eigenvalue weighted by Crippen LogP contribution is -2.23. The van der Waals surface area contributed by atoms with Crippen LogP contribution in [0.1, 0.15) is 15.5 Å². The first-order valence-corrected chi connectivity index (χ1v) is 6.23. The highest BCUT2D eigenvalue weighted by molar-refractivity contribution is 7.21. The molecule has 0 aromatic carbocycles. The number of pyridine rings is 1. The van der Waals surface area contributed by atoms with E-state index in [1.54, 1.807) is 18.5 Å². The van der Waals surface area contributed by atoms with Gasteiger partial charge < -0.3 is 15.6 Å². The van der Waals surface area contributed by atoms with Crippen LogP contribution in [0.25, 0.3) is 10.1 Å². The molecule has 8 heteroatoms. The van der Waals surface area contributed by atoms with Gasteiger partial charge in [0.25, 0.3) is 5.91 Å². The Labute approximate surface area is 111 Å². The minimum Gasteiger partial charge on any atom is -0.397 e. The third-order valence-electron chi connectivity index (χ3n) is 2.55. The Morgan fingerprint density at radius 1 is 1.53 bits per heavy atom. The van der Waals surface area contributed by atoms with E-state index in [0.29, 0.717) is 16.4 Å². The number of nitrogens with one attached hydrogen (secondary N) is 1. The minimum atomic E-state index is -0.261. The van der Waals surface area contributed by atoms with Crippen molar-refractivity contribution in [2.45, 2.75) is 6.54 Å². The number of thiophene rings is 1. The Bertz CT molecular complexity index is 722. The van der Waals surface area contributed by atoms with Gasteiger partial charge in [-0.3, -0.25) is 9.78 Å². The maximum atomic E-state index is 12.0. The largest absolute Gasteiger partial charge is 0.397 e. The Kier molecular flexibility index (Phi) is 2.84. The number of nitrogen functional groups attached to an aromatic ring is 1. The fourth-order valence-electron chi connectivity index (χ4n) is 1.65. The minimum absolute atomic E-state index is 0.196. The SMILES string of the molecule is Nc1c(C(=O)NCc2ncon2)sc2cnccc12. The summed E-state index contributed by atoms with van der Waals surface area (Å²) in [5, 5.41) is 7.14. The topological polar surface area (TPSA) is 107 Å². The zero-order valence-electron chi connectivity index (χ0n) is 9.66. The predicted octanol–water partition coefficient (Wildman–Crippen LogP) is 1.19. The fourth-order valence-corrected chi connectivity index (χ4v) is 2.66. The number of anilines is 1. The summed E-state index contributed by atoms with van der Waals surface area (Å²) in [5.41, 5.74) is 6.43. The predicted molar refractivity (Wildman–Crippen MR) is 69.5 cm³/mol. The molecule has 3 rings (SSSR count). The highest BCUT2D eigenvalue weighted by atomic mass is 32.1. The van der Waals surface area contributed by atoms with Gasteiger partial charge in [0.15, 0.2) is 5.82 Å². The van der Waals surface area contributed by atoms with E-state index in [4.69, 9.17) is 5.73 Å². The van der Waals surface area contributed by atoms with Crippen LogP contribution in [-0.2, 0) is 6.54 Å². The number of aromatic nitrogens is 3. The van der Waals surface area contributed by atoms with Crippen LogP contribution < -0.4 is 11.1 Å². The van der Waals surface area contributed by atoms with E-state index in [0.717, 1.165) is 10.1 Å². The van der Waals surface area contributed by atoms with Crippen LogP contribution in [0.4, 0.5) is 5.69 Å². The molecule has 7 nitrogen and oxygen atoms in total. The van der Waals surface area contributed by atoms with Gasteiger partial charge in [-0.15, -0.1) is 11.3 Å². The molecule has 19 heavy (non-hydrogen) atoms. The summed E-state index contributed by atoms with van der Waals surface area (Å²) >= 11 is 1.31. The van der Waals surface area contributed by atoms with Gasteiger partial charge in [0, 0.05) is 17.8 Å². The molecular weight excluding hydrogens is 266 g/mol. The molecule has 0 bridgehead atoms. The first-order valence-electron chi connectivity index (χ1n) is 5.41. The number of fused-ring (bicyclic) bond motifs is 1. The van der Waals surface area contributed by atoms with Gasteiger partial charge in [0.1, 0.15) is 4.88 Å². The Hall–Kier alpha value is -2.48. The first kappa shape index (κ1) is 11.6. The van der Waals surface area contributed by atoms with Crippen molar-refractivity contribution in [1.29, 1.82) is 0 Å². The van der Waals surface area contributed by atoms with Gasteiger partial charge in [0.05, 0.1) is 16.9 Å². The Balaban J connectivity index is 1.83. The van der Waals surface area contributed by atoms with Crippen molar-refractivity contribution in [1.82, 2.24) is 20.4 Å². The van der Waals surface area contributed by atoms with Gasteiger partial charge in [-0.05, 0) is 6.07 Å². The summed E-state index contributed by atoms with van der Waals surface area (Å²) in [5.74, 6) is 0.151. The summed E-state index contributed by atoms with van der Waals surface area (Å²) in [7, 11) is 0. The third-order valence-corrected chi connectivity index (χ3v) is 3.71. The standard InChI is InChI=1S/C11H9N5O2S/c12-9-6-1-2-13-3-7(6)19-10(9)11(17)14-4-8-15-5-18-16-8/h1-3,5H,4,12H2,(H,14,17). The van der Waals surface area contributed by atoms with Gasteiger partial charge in [-0.2, -0.15) is 4.98 Å². The maximum Gasteiger partial charge on any atom is 0.263 e. The zero-order chi connectivity index (χ0) is 13.2. The lowest BCUT2D eigenvalue weighted by Gasteiger charge is -2.00. The molecule has 0 unspecified atom stereocenters. The molecule has 0 saturated heterocycles. The molecule has 0 atom stereocenters. The second-order valence-corrected chi connectivity index (χ2v) is 4.80. The van der Waals surface area contributed by atoms with Crippen molar-refractivity contribution in [3.63, 3.8) is 0 Å². The fraction of sp³-hybridized carbons (Fsp3) is 0.0909. The summed E-state index contributed by atoms with van der Waals surface area (Å²) in [4.78, 5) is 20.3. The molecule has 0 aliphatic rings. The molecule has 3 aromatic rings. The van der Waals surface area contributed by atoms with E-state index in [9.17, 15) is 4.79 Å². The number of nitrogens with two attached hydrogens (primary N) is 1. The van der Waals surface area contributed by atoms with Gasteiger partial charge in [-0.25, -0.2) is 0 Å². The van der Waals surface area contributed by atoms with Gasteiger partial charge >= 0.3 is 0 Å². The van der Waals surface area contributed by atoms with E-state index in [1.807, 2.05) is 0 Å². The monoisotopic (exact) mass is 275 g/mol. The summed E-state index contributed by atoms with van der Waals surface area (Å²) in [6.45, 7) is 0.196. The van der Waals surface area contributed by atoms with Crippen LogP contribution in [0.5, 0.6) is 0 Å². The highest BCUT2D eigenvalue weighted by Gasteiger charge is 2.16. The quantitative estimate of drug-likeness (QED) is 0.743. The average molecular weight is 275 g/mol. The summed E-state index contributed by atoms with van der Waals surface area (Å²) in [6.07, 6.45) is 4.54. The molecule has 96 valence electrons. The van der Waals surface area contributed by atoms with Crippen molar-refractivity contribution in [2.75, 3.05) is 5.73 Å². The van der Waals surface area contributed by atoms with Crippen molar-refractivity contribution in [3.05, 3.63) is 35.6 Å². The number of hydrogen-bond donors (Lipinski definition) is 2. The molecular formula is C11H9N5O2S. The molecule has 1 amide bonds. The van der Waals surface area contributed by atoms with Crippen LogP contribution in [-0.4, -0.2) is 21.0 Å². The van der Waals surface area contributed by atoms with Crippen molar-refractivity contribution < 1.29 is 9.32 Å². The van der Waals surface area contributed by atoms with Crippen LogP contribution >= 0.6 is 11.3 Å². The summed E-state index contributed by atoms with van der Waals surface area (Å²) < 4.78 is 5.46. The Morgan fingerprint density at radius 2 is 2.42 bits per heavy atom. The van der Waals surface area contributed by atoms with E-state index in [1.165, 1.54) is 17.7 Å². The second kappa shape index (κ2) is 4.65. The van der Waals surface area contributed by atoms with Crippen LogP contribution in [0.2, 0.25) is 0 Å². The van der Waals surface area contributed by atoms with E-state index in [-0.39, 0.29) is 12.5 Å². The molecule has 0 aliphatic heterocycles. The molecule has 0 spiro atoms. The molecule has 3 aromatic heterocycles. The van der Waals surface area contributed by atoms with E-state index < -0.39 is 0 Å². The molecule has 3 N–H and O–H groups in total. The molecule has 0 radical (unpaired) electrons. The molecule has 0 aliphatic carbocycles. The van der Waals surface area contributed by atoms with Crippen molar-refractivity contribution in [2.24, 2.45) is 0 Å². The number of rotatable bonds is 3. The number of nitrogens with zero attached hydrogens (tertiary/aromatic N) is 3. The number of carbonyl (C=O) groups is 1. The van der Waals surface area contributed by atoms with E-state index >= 15 is 0 Å². The highest BCUT2D eigenvalue weighted by Crippen LogP contribution is 2.32. The van der Waals surface area contributed by atoms with Gasteiger partial charge in [0.2, 0.25) is 6.39 Å². The maximum absolute atomic E-state index is 12.0. The normalized spacial score (nSPS) is 10.7. The molecule has 3 heterocycles. The number of amides is 1. The number of carbonyl (C=O) groups excluding carboxylic acids is 1. The summed E-state index contributed by atoms with van der Waals surface area (Å²) in [6, 6.07) is 1.79. The average Bonchev–Trinajstić information content (AvgIpc) is 3.05.